The molecule has 1 aromatic heterocycles. The molecule has 0 spiro atoms. The molecule has 0 unspecified atom stereocenters. The second kappa shape index (κ2) is 5.71. The van der Waals surface area contributed by atoms with Crippen LogP contribution >= 0.6 is 15.9 Å². The third kappa shape index (κ3) is 2.96. The summed E-state index contributed by atoms with van der Waals surface area (Å²) in [6, 6.07) is 4.23. The Kier molecular flexibility index (Phi) is 3.79. The van der Waals surface area contributed by atoms with E-state index >= 15 is 0 Å². The Bertz CT molecular complexity index is 557. The first-order valence-electron chi connectivity index (χ1n) is 6.23. The standard InChI is InChI=1S/C13H14BrN3O2/c14-11-5-9-2-4-18-13(9)10(6-11)7-15-3-1-12-16-8-17-19-12/h5-6,8,15H,1-4,7H2. The van der Waals surface area contributed by atoms with Crippen LogP contribution in [0.25, 0.3) is 0 Å². The van der Waals surface area contributed by atoms with Gasteiger partial charge in [-0.2, -0.15) is 4.98 Å². The van der Waals surface area contributed by atoms with Crippen LogP contribution in [-0.4, -0.2) is 23.3 Å². The molecule has 0 radical (unpaired) electrons. The maximum Gasteiger partial charge on any atom is 0.227 e. The molecule has 1 aliphatic rings. The molecule has 19 heavy (non-hydrogen) atoms. The van der Waals surface area contributed by atoms with E-state index in [1.54, 1.807) is 0 Å². The summed E-state index contributed by atoms with van der Waals surface area (Å²) in [5, 5.41) is 6.95. The summed E-state index contributed by atoms with van der Waals surface area (Å²) in [4.78, 5) is 3.98. The maximum absolute atomic E-state index is 5.69. The first-order chi connectivity index (χ1) is 9.33. The lowest BCUT2D eigenvalue weighted by Gasteiger charge is -2.09. The van der Waals surface area contributed by atoms with Gasteiger partial charge in [-0.1, -0.05) is 21.1 Å². The predicted molar refractivity (Wildman–Crippen MR) is 73.0 cm³/mol. The molecule has 0 bridgehead atoms. The summed E-state index contributed by atoms with van der Waals surface area (Å²) in [6.45, 7) is 2.35. The van der Waals surface area contributed by atoms with Crippen molar-refractivity contribution in [3.63, 3.8) is 0 Å². The largest absolute Gasteiger partial charge is 0.493 e. The number of benzene rings is 1. The first-order valence-corrected chi connectivity index (χ1v) is 7.02. The van der Waals surface area contributed by atoms with Crippen LogP contribution in [0.3, 0.4) is 0 Å². The van der Waals surface area contributed by atoms with E-state index in [-0.39, 0.29) is 0 Å². The number of halogens is 1. The van der Waals surface area contributed by atoms with Gasteiger partial charge in [-0.15, -0.1) is 0 Å². The third-order valence-corrected chi connectivity index (χ3v) is 3.52. The SMILES string of the molecule is Brc1cc2c(c(CNCCc3ncno3)c1)OCC2. The molecular formula is C13H14BrN3O2. The van der Waals surface area contributed by atoms with Gasteiger partial charge in [0.05, 0.1) is 6.61 Å². The number of nitrogens with one attached hydrogen (secondary N) is 1. The van der Waals surface area contributed by atoms with Gasteiger partial charge in [0.25, 0.3) is 0 Å². The van der Waals surface area contributed by atoms with E-state index in [2.05, 4.69) is 43.5 Å². The average molecular weight is 324 g/mol. The Morgan fingerprint density at radius 2 is 2.32 bits per heavy atom. The molecule has 0 fully saturated rings. The molecule has 5 nitrogen and oxygen atoms in total. The average Bonchev–Trinajstić information content (AvgIpc) is 3.04. The van der Waals surface area contributed by atoms with Gasteiger partial charge in [0, 0.05) is 36.0 Å². The molecule has 2 aromatic rings. The fraction of sp³-hybridized carbons (Fsp3) is 0.385. The van der Waals surface area contributed by atoms with Gasteiger partial charge in [0.15, 0.2) is 6.33 Å². The van der Waals surface area contributed by atoms with Crippen LogP contribution in [0.4, 0.5) is 0 Å². The molecule has 0 atom stereocenters. The summed E-state index contributed by atoms with van der Waals surface area (Å²) < 4.78 is 11.7. The van der Waals surface area contributed by atoms with E-state index in [1.807, 2.05) is 0 Å². The van der Waals surface area contributed by atoms with Crippen LogP contribution < -0.4 is 10.1 Å². The van der Waals surface area contributed by atoms with Crippen molar-refractivity contribution in [3.05, 3.63) is 40.0 Å². The van der Waals surface area contributed by atoms with Crippen LogP contribution in [-0.2, 0) is 19.4 Å². The molecule has 3 rings (SSSR count). The Morgan fingerprint density at radius 3 is 3.16 bits per heavy atom. The highest BCUT2D eigenvalue weighted by Gasteiger charge is 2.17. The smallest absolute Gasteiger partial charge is 0.227 e. The van der Waals surface area contributed by atoms with Crippen LogP contribution in [0.5, 0.6) is 5.75 Å². The molecule has 1 aliphatic heterocycles. The fourth-order valence-electron chi connectivity index (χ4n) is 2.20. The van der Waals surface area contributed by atoms with E-state index in [0.717, 1.165) is 42.8 Å². The molecule has 6 heteroatoms. The Hall–Kier alpha value is -1.40. The summed E-state index contributed by atoms with van der Waals surface area (Å²) >= 11 is 3.54. The van der Waals surface area contributed by atoms with Crippen molar-refractivity contribution < 1.29 is 9.26 Å². The lowest BCUT2D eigenvalue weighted by Crippen LogP contribution is -2.17. The Morgan fingerprint density at radius 1 is 1.37 bits per heavy atom. The number of rotatable bonds is 5. The summed E-state index contributed by atoms with van der Waals surface area (Å²) in [5.74, 6) is 1.69. The van der Waals surface area contributed by atoms with Gasteiger partial charge in [-0.3, -0.25) is 0 Å². The monoisotopic (exact) mass is 323 g/mol. The van der Waals surface area contributed by atoms with E-state index in [4.69, 9.17) is 9.26 Å². The van der Waals surface area contributed by atoms with E-state index < -0.39 is 0 Å². The Labute approximate surface area is 119 Å². The number of aromatic nitrogens is 2. The molecule has 1 N–H and O–H groups in total. The molecule has 0 amide bonds. The number of fused-ring (bicyclic) bond motifs is 1. The molecule has 2 heterocycles. The van der Waals surface area contributed by atoms with Gasteiger partial charge in [-0.05, 0) is 17.7 Å². The van der Waals surface area contributed by atoms with Gasteiger partial charge in [0.2, 0.25) is 5.89 Å². The zero-order valence-electron chi connectivity index (χ0n) is 10.4. The number of ether oxygens (including phenoxy) is 1. The highest BCUT2D eigenvalue weighted by Crippen LogP contribution is 2.32. The first kappa shape index (κ1) is 12.6. The van der Waals surface area contributed by atoms with Gasteiger partial charge in [-0.25, -0.2) is 0 Å². The predicted octanol–water partition coefficient (Wildman–Crippen LogP) is 2.10. The summed E-state index contributed by atoms with van der Waals surface area (Å²) in [6.07, 6.45) is 3.14. The minimum atomic E-state index is 0.656. The van der Waals surface area contributed by atoms with Crippen LogP contribution in [0, 0.1) is 0 Å². The van der Waals surface area contributed by atoms with Crippen molar-refractivity contribution in [1.29, 1.82) is 0 Å². The third-order valence-electron chi connectivity index (χ3n) is 3.06. The minimum absolute atomic E-state index is 0.656. The molecular weight excluding hydrogens is 310 g/mol. The normalized spacial score (nSPS) is 13.3. The van der Waals surface area contributed by atoms with Crippen LogP contribution in [0.1, 0.15) is 17.0 Å². The van der Waals surface area contributed by atoms with Crippen molar-refractivity contribution >= 4 is 15.9 Å². The molecule has 0 aliphatic carbocycles. The lowest BCUT2D eigenvalue weighted by molar-refractivity contribution is 0.352. The van der Waals surface area contributed by atoms with E-state index in [9.17, 15) is 0 Å². The highest BCUT2D eigenvalue weighted by molar-refractivity contribution is 9.10. The lowest BCUT2D eigenvalue weighted by atomic mass is 10.1. The van der Waals surface area contributed by atoms with Crippen molar-refractivity contribution in [1.82, 2.24) is 15.5 Å². The van der Waals surface area contributed by atoms with E-state index in [0.29, 0.717) is 5.89 Å². The van der Waals surface area contributed by atoms with Crippen molar-refractivity contribution in [3.8, 4) is 5.75 Å². The van der Waals surface area contributed by atoms with E-state index in [1.165, 1.54) is 17.5 Å². The van der Waals surface area contributed by atoms with Crippen molar-refractivity contribution in [2.24, 2.45) is 0 Å². The fourth-order valence-corrected chi connectivity index (χ4v) is 2.75. The Balaban J connectivity index is 1.58. The summed E-state index contributed by atoms with van der Waals surface area (Å²) in [5.41, 5.74) is 2.47. The number of hydrogen-bond acceptors (Lipinski definition) is 5. The van der Waals surface area contributed by atoms with Crippen LogP contribution in [0.15, 0.2) is 27.5 Å². The quantitative estimate of drug-likeness (QED) is 0.854. The second-order valence-electron chi connectivity index (χ2n) is 4.41. The van der Waals surface area contributed by atoms with Crippen molar-refractivity contribution in [2.45, 2.75) is 19.4 Å². The molecule has 100 valence electrons. The van der Waals surface area contributed by atoms with Gasteiger partial charge < -0.3 is 14.6 Å². The summed E-state index contributed by atoms with van der Waals surface area (Å²) in [7, 11) is 0. The zero-order valence-corrected chi connectivity index (χ0v) is 11.9. The highest BCUT2D eigenvalue weighted by atomic mass is 79.9. The topological polar surface area (TPSA) is 60.2 Å². The molecule has 0 saturated carbocycles. The molecule has 0 saturated heterocycles. The van der Waals surface area contributed by atoms with Gasteiger partial charge in [0.1, 0.15) is 5.75 Å². The molecule has 1 aromatic carbocycles. The maximum atomic E-state index is 5.69. The zero-order chi connectivity index (χ0) is 13.1. The number of hydrogen-bond donors (Lipinski definition) is 1. The van der Waals surface area contributed by atoms with Crippen LogP contribution in [0.2, 0.25) is 0 Å². The van der Waals surface area contributed by atoms with Gasteiger partial charge >= 0.3 is 0 Å². The van der Waals surface area contributed by atoms with Crippen molar-refractivity contribution in [2.75, 3.05) is 13.2 Å². The minimum Gasteiger partial charge on any atom is -0.493 e. The number of nitrogens with zero attached hydrogens (tertiary/aromatic N) is 2. The second-order valence-corrected chi connectivity index (χ2v) is 5.33.